The highest BCUT2D eigenvalue weighted by atomic mass is 16.3. The molecule has 1 saturated heterocycles. The molecule has 0 radical (unpaired) electrons. The van der Waals surface area contributed by atoms with Crippen molar-refractivity contribution < 1.29 is 5.11 Å². The maximum atomic E-state index is 9.74. The Balaban J connectivity index is 1.43. The SMILES string of the molecule is CCN1CCN(Cc2ccc(CNC(=NC)NCC(CO)c3ccccc3)cc2)CC1. The van der Waals surface area contributed by atoms with Crippen molar-refractivity contribution in [3.63, 3.8) is 0 Å². The maximum absolute atomic E-state index is 9.74. The predicted octanol–water partition coefficient (Wildman–Crippen LogP) is 2.27. The lowest BCUT2D eigenvalue weighted by Gasteiger charge is -2.34. The Morgan fingerprint density at radius 2 is 1.58 bits per heavy atom. The molecule has 6 nitrogen and oxygen atoms in total. The Bertz CT molecular complexity index is 785. The smallest absolute Gasteiger partial charge is 0.191 e. The molecule has 1 aliphatic heterocycles. The Labute approximate surface area is 187 Å². The highest BCUT2D eigenvalue weighted by Gasteiger charge is 2.15. The van der Waals surface area contributed by atoms with Crippen LogP contribution in [0.5, 0.6) is 0 Å². The highest BCUT2D eigenvalue weighted by molar-refractivity contribution is 5.79. The van der Waals surface area contributed by atoms with Gasteiger partial charge >= 0.3 is 0 Å². The van der Waals surface area contributed by atoms with Gasteiger partial charge in [-0.15, -0.1) is 0 Å². The molecule has 0 aromatic heterocycles. The zero-order chi connectivity index (χ0) is 21.9. The zero-order valence-electron chi connectivity index (χ0n) is 18.9. The number of likely N-dealkylation sites (N-methyl/N-ethyl adjacent to an activating group) is 1. The van der Waals surface area contributed by atoms with E-state index in [2.05, 4.69) is 56.6 Å². The van der Waals surface area contributed by atoms with Crippen LogP contribution in [0.1, 0.15) is 29.5 Å². The molecule has 1 heterocycles. The van der Waals surface area contributed by atoms with Crippen molar-refractivity contribution in [1.29, 1.82) is 0 Å². The van der Waals surface area contributed by atoms with Gasteiger partial charge in [-0.2, -0.15) is 0 Å². The van der Waals surface area contributed by atoms with Crippen LogP contribution in [-0.2, 0) is 13.1 Å². The Kier molecular flexibility index (Phi) is 9.34. The fourth-order valence-electron chi connectivity index (χ4n) is 3.92. The van der Waals surface area contributed by atoms with Crippen LogP contribution >= 0.6 is 0 Å². The summed E-state index contributed by atoms with van der Waals surface area (Å²) in [5.74, 6) is 0.783. The third-order valence-electron chi connectivity index (χ3n) is 6.03. The van der Waals surface area contributed by atoms with Gasteiger partial charge in [-0.25, -0.2) is 0 Å². The topological polar surface area (TPSA) is 63.1 Å². The van der Waals surface area contributed by atoms with Crippen LogP contribution in [0.2, 0.25) is 0 Å². The molecule has 1 fully saturated rings. The van der Waals surface area contributed by atoms with Crippen LogP contribution in [-0.4, -0.2) is 73.8 Å². The number of aliphatic hydroxyl groups excluding tert-OH is 1. The molecular weight excluding hydrogens is 386 g/mol. The summed E-state index contributed by atoms with van der Waals surface area (Å²) in [7, 11) is 1.77. The molecule has 168 valence electrons. The average Bonchev–Trinajstić information content (AvgIpc) is 2.83. The lowest BCUT2D eigenvalue weighted by molar-refractivity contribution is 0.132. The number of aliphatic hydroxyl groups is 1. The molecule has 3 rings (SSSR count). The van der Waals surface area contributed by atoms with E-state index in [9.17, 15) is 5.11 Å². The van der Waals surface area contributed by atoms with Crippen molar-refractivity contribution in [3.8, 4) is 0 Å². The Hall–Kier alpha value is -2.41. The largest absolute Gasteiger partial charge is 0.396 e. The first-order valence-corrected chi connectivity index (χ1v) is 11.3. The lowest BCUT2D eigenvalue weighted by Crippen LogP contribution is -2.45. The summed E-state index contributed by atoms with van der Waals surface area (Å²) in [4.78, 5) is 9.36. The van der Waals surface area contributed by atoms with Crippen molar-refractivity contribution in [2.45, 2.75) is 25.9 Å². The van der Waals surface area contributed by atoms with Gasteiger partial charge in [-0.3, -0.25) is 9.89 Å². The highest BCUT2D eigenvalue weighted by Crippen LogP contribution is 2.13. The van der Waals surface area contributed by atoms with E-state index in [4.69, 9.17) is 0 Å². The monoisotopic (exact) mass is 423 g/mol. The van der Waals surface area contributed by atoms with E-state index in [1.54, 1.807) is 7.05 Å². The minimum Gasteiger partial charge on any atom is -0.396 e. The summed E-state index contributed by atoms with van der Waals surface area (Å²) in [6.45, 7) is 10.5. The second kappa shape index (κ2) is 12.4. The summed E-state index contributed by atoms with van der Waals surface area (Å²) < 4.78 is 0. The first kappa shape index (κ1) is 23.3. The molecule has 3 N–H and O–H groups in total. The first-order chi connectivity index (χ1) is 15.2. The molecule has 2 aromatic rings. The molecule has 0 bridgehead atoms. The summed E-state index contributed by atoms with van der Waals surface area (Å²) in [6.07, 6.45) is 0. The molecule has 0 aliphatic carbocycles. The average molecular weight is 424 g/mol. The van der Waals surface area contributed by atoms with Crippen LogP contribution in [0.25, 0.3) is 0 Å². The van der Waals surface area contributed by atoms with Gasteiger partial charge in [0.15, 0.2) is 5.96 Å². The van der Waals surface area contributed by atoms with Crippen molar-refractivity contribution >= 4 is 5.96 Å². The molecule has 2 aromatic carbocycles. The van der Waals surface area contributed by atoms with Gasteiger partial charge in [-0.1, -0.05) is 61.5 Å². The van der Waals surface area contributed by atoms with Crippen LogP contribution in [0.3, 0.4) is 0 Å². The third kappa shape index (κ3) is 7.35. The van der Waals surface area contributed by atoms with Gasteiger partial charge in [-0.05, 0) is 23.2 Å². The van der Waals surface area contributed by atoms with Crippen LogP contribution < -0.4 is 10.6 Å². The number of hydrogen-bond acceptors (Lipinski definition) is 4. The van der Waals surface area contributed by atoms with Gasteiger partial charge in [0.2, 0.25) is 0 Å². The van der Waals surface area contributed by atoms with Gasteiger partial charge in [0.05, 0.1) is 6.61 Å². The van der Waals surface area contributed by atoms with E-state index in [1.165, 1.54) is 24.2 Å². The van der Waals surface area contributed by atoms with E-state index in [0.29, 0.717) is 13.1 Å². The Morgan fingerprint density at radius 1 is 0.935 bits per heavy atom. The molecule has 0 spiro atoms. The minimum absolute atomic E-state index is 0.0400. The fraction of sp³-hybridized carbons (Fsp3) is 0.480. The zero-order valence-corrected chi connectivity index (χ0v) is 18.9. The Morgan fingerprint density at radius 3 is 2.19 bits per heavy atom. The number of nitrogens with one attached hydrogen (secondary N) is 2. The van der Waals surface area contributed by atoms with Crippen molar-refractivity contribution in [2.24, 2.45) is 4.99 Å². The normalized spacial score (nSPS) is 16.8. The maximum Gasteiger partial charge on any atom is 0.191 e. The standard InChI is InChI=1S/C25H37N5O/c1-3-29-13-15-30(16-14-29)19-22-11-9-21(10-12-22)17-27-25(26-2)28-18-24(20-31)23-7-5-4-6-8-23/h4-12,24,31H,3,13-20H2,1-2H3,(H2,26,27,28). The molecular formula is C25H37N5O. The third-order valence-corrected chi connectivity index (χ3v) is 6.03. The predicted molar refractivity (Wildman–Crippen MR) is 128 cm³/mol. The van der Waals surface area contributed by atoms with Gasteiger partial charge in [0.1, 0.15) is 0 Å². The van der Waals surface area contributed by atoms with Crippen LogP contribution in [0.4, 0.5) is 0 Å². The van der Waals surface area contributed by atoms with E-state index >= 15 is 0 Å². The molecule has 1 aliphatic rings. The molecule has 0 amide bonds. The minimum atomic E-state index is 0.0400. The van der Waals surface area contributed by atoms with Crippen LogP contribution in [0.15, 0.2) is 59.6 Å². The summed E-state index contributed by atoms with van der Waals surface area (Å²) in [5.41, 5.74) is 3.72. The van der Waals surface area contributed by atoms with Gasteiger partial charge in [0, 0.05) is 58.8 Å². The number of piperazine rings is 1. The molecule has 0 saturated carbocycles. The lowest BCUT2D eigenvalue weighted by atomic mass is 10.0. The van der Waals surface area contributed by atoms with E-state index < -0.39 is 0 Å². The number of hydrogen-bond donors (Lipinski definition) is 3. The van der Waals surface area contributed by atoms with Crippen LogP contribution in [0, 0.1) is 0 Å². The fourth-order valence-corrected chi connectivity index (χ4v) is 3.92. The van der Waals surface area contributed by atoms with Gasteiger partial charge in [0.25, 0.3) is 0 Å². The molecule has 1 unspecified atom stereocenters. The molecule has 1 atom stereocenters. The second-order valence-corrected chi connectivity index (χ2v) is 8.12. The molecule has 6 heteroatoms. The van der Waals surface area contributed by atoms with E-state index in [1.807, 2.05) is 30.3 Å². The number of aliphatic imine (C=N–C) groups is 1. The van der Waals surface area contributed by atoms with Crippen molar-refractivity contribution in [3.05, 3.63) is 71.3 Å². The number of rotatable bonds is 9. The summed E-state index contributed by atoms with van der Waals surface area (Å²) in [5, 5.41) is 16.4. The van der Waals surface area contributed by atoms with Crippen molar-refractivity contribution in [1.82, 2.24) is 20.4 Å². The quantitative estimate of drug-likeness (QED) is 0.427. The van der Waals surface area contributed by atoms with E-state index in [-0.39, 0.29) is 12.5 Å². The van der Waals surface area contributed by atoms with E-state index in [0.717, 1.165) is 37.7 Å². The van der Waals surface area contributed by atoms with Gasteiger partial charge < -0.3 is 20.6 Å². The molecule has 31 heavy (non-hydrogen) atoms. The number of benzene rings is 2. The van der Waals surface area contributed by atoms with Crippen molar-refractivity contribution in [2.75, 3.05) is 52.9 Å². The first-order valence-electron chi connectivity index (χ1n) is 11.3. The summed E-state index contributed by atoms with van der Waals surface area (Å²) >= 11 is 0. The summed E-state index contributed by atoms with van der Waals surface area (Å²) in [6, 6.07) is 18.9. The number of guanidine groups is 1. The number of nitrogens with zero attached hydrogens (tertiary/aromatic N) is 3. The second-order valence-electron chi connectivity index (χ2n) is 8.12.